The van der Waals surface area contributed by atoms with Crippen molar-refractivity contribution in [1.82, 2.24) is 10.2 Å². The Balaban J connectivity index is 2.50. The van der Waals surface area contributed by atoms with E-state index >= 15 is 0 Å². The summed E-state index contributed by atoms with van der Waals surface area (Å²) in [4.78, 5) is 36.2. The zero-order valence-corrected chi connectivity index (χ0v) is 14.5. The first-order valence-electron chi connectivity index (χ1n) is 6.98. The Morgan fingerprint density at radius 3 is 2.70 bits per heavy atom. The molecule has 0 saturated heterocycles. The lowest BCUT2D eigenvalue weighted by molar-refractivity contribution is -0.137. The maximum atomic E-state index is 13.5. The minimum atomic E-state index is -0.944. The standard InChI is InChI=1S/C15H18BrFN2O4/c1-3-6-18-13(20)8-19(2)14(21)9-23-15(22)11-7-10(16)4-5-12(11)17/h4-5,7H,3,6,8-9H2,1-2H3,(H,18,20). The predicted molar refractivity (Wildman–Crippen MR) is 85.3 cm³/mol. The number of carbonyl (C=O) groups excluding carboxylic acids is 3. The first-order chi connectivity index (χ1) is 10.8. The molecule has 0 aromatic heterocycles. The van der Waals surface area contributed by atoms with Crippen LogP contribution in [0.5, 0.6) is 0 Å². The molecule has 0 unspecified atom stereocenters. The Labute approximate surface area is 142 Å². The Morgan fingerprint density at radius 2 is 2.04 bits per heavy atom. The van der Waals surface area contributed by atoms with E-state index in [1.54, 1.807) is 0 Å². The van der Waals surface area contributed by atoms with Crippen LogP contribution in [-0.4, -0.2) is 49.4 Å². The van der Waals surface area contributed by atoms with Crippen LogP contribution < -0.4 is 5.32 Å². The molecule has 0 aliphatic rings. The molecule has 0 atom stereocenters. The molecule has 1 N–H and O–H groups in total. The summed E-state index contributed by atoms with van der Waals surface area (Å²) in [5, 5.41) is 2.63. The van der Waals surface area contributed by atoms with E-state index in [9.17, 15) is 18.8 Å². The molecular formula is C15H18BrFN2O4. The van der Waals surface area contributed by atoms with Crippen molar-refractivity contribution in [2.45, 2.75) is 13.3 Å². The molecule has 1 aromatic carbocycles. The fourth-order valence-electron chi connectivity index (χ4n) is 1.59. The number of ether oxygens (including phenoxy) is 1. The van der Waals surface area contributed by atoms with E-state index in [2.05, 4.69) is 21.2 Å². The second-order valence-electron chi connectivity index (χ2n) is 4.80. The van der Waals surface area contributed by atoms with Gasteiger partial charge in [-0.25, -0.2) is 9.18 Å². The summed E-state index contributed by atoms with van der Waals surface area (Å²) in [6, 6.07) is 3.83. The molecule has 0 heterocycles. The van der Waals surface area contributed by atoms with Gasteiger partial charge in [0, 0.05) is 18.1 Å². The van der Waals surface area contributed by atoms with Gasteiger partial charge in [-0.15, -0.1) is 0 Å². The number of amides is 2. The van der Waals surface area contributed by atoms with Gasteiger partial charge in [-0.3, -0.25) is 9.59 Å². The Bertz CT molecular complexity index is 595. The number of likely N-dealkylation sites (N-methyl/N-ethyl adjacent to an activating group) is 1. The van der Waals surface area contributed by atoms with Crippen LogP contribution in [0.3, 0.4) is 0 Å². The van der Waals surface area contributed by atoms with Gasteiger partial charge >= 0.3 is 5.97 Å². The molecular weight excluding hydrogens is 371 g/mol. The Hall–Kier alpha value is -1.96. The molecule has 8 heteroatoms. The summed E-state index contributed by atoms with van der Waals surface area (Å²) < 4.78 is 18.8. The monoisotopic (exact) mass is 388 g/mol. The highest BCUT2D eigenvalue weighted by Gasteiger charge is 2.18. The topological polar surface area (TPSA) is 75.7 Å². The number of hydrogen-bond acceptors (Lipinski definition) is 4. The van der Waals surface area contributed by atoms with Crippen LogP contribution in [0.15, 0.2) is 22.7 Å². The molecule has 0 radical (unpaired) electrons. The maximum absolute atomic E-state index is 13.5. The Kier molecular flexibility index (Phi) is 7.67. The van der Waals surface area contributed by atoms with Gasteiger partial charge in [-0.1, -0.05) is 22.9 Å². The predicted octanol–water partition coefficient (Wildman–Crippen LogP) is 1.73. The average Bonchev–Trinajstić information content (AvgIpc) is 2.52. The molecule has 126 valence electrons. The van der Waals surface area contributed by atoms with Gasteiger partial charge < -0.3 is 15.0 Å². The lowest BCUT2D eigenvalue weighted by Gasteiger charge is -2.16. The van der Waals surface area contributed by atoms with E-state index in [0.717, 1.165) is 17.4 Å². The van der Waals surface area contributed by atoms with Crippen molar-refractivity contribution in [3.05, 3.63) is 34.1 Å². The summed E-state index contributed by atoms with van der Waals surface area (Å²) in [7, 11) is 1.42. The number of nitrogens with zero attached hydrogens (tertiary/aromatic N) is 1. The van der Waals surface area contributed by atoms with E-state index in [1.807, 2.05) is 6.92 Å². The number of hydrogen-bond donors (Lipinski definition) is 1. The molecule has 2 amide bonds. The number of halogens is 2. The largest absolute Gasteiger partial charge is 0.452 e. The van der Waals surface area contributed by atoms with Crippen LogP contribution in [0, 0.1) is 5.82 Å². The van der Waals surface area contributed by atoms with Crippen LogP contribution in [-0.2, 0) is 14.3 Å². The summed E-state index contributed by atoms with van der Waals surface area (Å²) >= 11 is 3.12. The summed E-state index contributed by atoms with van der Waals surface area (Å²) in [6.07, 6.45) is 0.791. The second kappa shape index (κ2) is 9.24. The van der Waals surface area contributed by atoms with Crippen LogP contribution in [0.2, 0.25) is 0 Å². The van der Waals surface area contributed by atoms with Crippen molar-refractivity contribution in [3.8, 4) is 0 Å². The molecule has 0 bridgehead atoms. The smallest absolute Gasteiger partial charge is 0.341 e. The van der Waals surface area contributed by atoms with Gasteiger partial charge in [-0.05, 0) is 24.6 Å². The first-order valence-corrected chi connectivity index (χ1v) is 7.77. The highest BCUT2D eigenvalue weighted by atomic mass is 79.9. The van der Waals surface area contributed by atoms with Crippen molar-refractivity contribution in [2.24, 2.45) is 0 Å². The maximum Gasteiger partial charge on any atom is 0.341 e. The molecule has 0 aliphatic heterocycles. The summed E-state index contributed by atoms with van der Waals surface area (Å²) in [5.74, 6) is -2.54. The lowest BCUT2D eigenvalue weighted by Crippen LogP contribution is -2.40. The quantitative estimate of drug-likeness (QED) is 0.721. The molecule has 1 aromatic rings. The fraction of sp³-hybridized carbons (Fsp3) is 0.400. The van der Waals surface area contributed by atoms with Crippen molar-refractivity contribution < 1.29 is 23.5 Å². The molecule has 23 heavy (non-hydrogen) atoms. The van der Waals surface area contributed by atoms with Gasteiger partial charge in [0.2, 0.25) is 5.91 Å². The average molecular weight is 389 g/mol. The van der Waals surface area contributed by atoms with Crippen molar-refractivity contribution >= 4 is 33.7 Å². The minimum Gasteiger partial charge on any atom is -0.452 e. The first kappa shape index (κ1) is 19.1. The van der Waals surface area contributed by atoms with Gasteiger partial charge in [0.1, 0.15) is 5.82 Å². The van der Waals surface area contributed by atoms with E-state index in [0.29, 0.717) is 11.0 Å². The number of esters is 1. The van der Waals surface area contributed by atoms with E-state index in [-0.39, 0.29) is 18.0 Å². The summed E-state index contributed by atoms with van der Waals surface area (Å²) in [6.45, 7) is 1.73. The summed E-state index contributed by atoms with van der Waals surface area (Å²) in [5.41, 5.74) is -0.268. The zero-order valence-electron chi connectivity index (χ0n) is 12.9. The number of benzene rings is 1. The lowest BCUT2D eigenvalue weighted by atomic mass is 10.2. The van der Waals surface area contributed by atoms with Crippen molar-refractivity contribution in [1.29, 1.82) is 0 Å². The normalized spacial score (nSPS) is 10.1. The van der Waals surface area contributed by atoms with Gasteiger partial charge in [0.15, 0.2) is 6.61 Å². The molecule has 1 rings (SSSR count). The number of rotatable bonds is 7. The number of nitrogens with one attached hydrogen (secondary N) is 1. The highest BCUT2D eigenvalue weighted by Crippen LogP contribution is 2.16. The van der Waals surface area contributed by atoms with Gasteiger partial charge in [0.05, 0.1) is 12.1 Å². The fourth-order valence-corrected chi connectivity index (χ4v) is 1.95. The van der Waals surface area contributed by atoms with Gasteiger partial charge in [0.25, 0.3) is 5.91 Å². The van der Waals surface area contributed by atoms with Crippen molar-refractivity contribution in [2.75, 3.05) is 26.7 Å². The third-order valence-electron chi connectivity index (χ3n) is 2.85. The van der Waals surface area contributed by atoms with E-state index < -0.39 is 24.3 Å². The third kappa shape index (κ3) is 6.35. The Morgan fingerprint density at radius 1 is 1.35 bits per heavy atom. The third-order valence-corrected chi connectivity index (χ3v) is 3.35. The second-order valence-corrected chi connectivity index (χ2v) is 5.72. The van der Waals surface area contributed by atoms with Crippen molar-refractivity contribution in [3.63, 3.8) is 0 Å². The van der Waals surface area contributed by atoms with Crippen LogP contribution in [0.25, 0.3) is 0 Å². The molecule has 0 aliphatic carbocycles. The van der Waals surface area contributed by atoms with Crippen LogP contribution in [0.4, 0.5) is 4.39 Å². The molecule has 0 fully saturated rings. The van der Waals surface area contributed by atoms with Crippen LogP contribution in [0.1, 0.15) is 23.7 Å². The van der Waals surface area contributed by atoms with E-state index in [4.69, 9.17) is 4.74 Å². The molecule has 0 saturated carbocycles. The highest BCUT2D eigenvalue weighted by molar-refractivity contribution is 9.10. The zero-order chi connectivity index (χ0) is 17.4. The van der Waals surface area contributed by atoms with E-state index in [1.165, 1.54) is 19.2 Å². The number of carbonyl (C=O) groups is 3. The van der Waals surface area contributed by atoms with Crippen LogP contribution >= 0.6 is 15.9 Å². The van der Waals surface area contributed by atoms with Gasteiger partial charge in [-0.2, -0.15) is 0 Å². The molecule has 0 spiro atoms. The minimum absolute atomic E-state index is 0.137. The SMILES string of the molecule is CCCNC(=O)CN(C)C(=O)COC(=O)c1cc(Br)ccc1F. The molecule has 6 nitrogen and oxygen atoms in total.